The van der Waals surface area contributed by atoms with Crippen LogP contribution in [-0.4, -0.2) is 44.1 Å². The second-order valence-electron chi connectivity index (χ2n) is 9.62. The Balaban J connectivity index is 1.80. The van der Waals surface area contributed by atoms with Gasteiger partial charge >= 0.3 is 0 Å². The SMILES string of the molecule is CC12OCC(n3c4ccccc4c4c5c(c6c7ccccc7n1c6c43)CNC5=O)C2(O)CO. The molecule has 0 spiro atoms. The quantitative estimate of drug-likeness (QED) is 0.375. The van der Waals surface area contributed by atoms with Crippen LogP contribution < -0.4 is 5.32 Å². The van der Waals surface area contributed by atoms with E-state index in [9.17, 15) is 15.0 Å². The van der Waals surface area contributed by atoms with Gasteiger partial charge in [0.2, 0.25) is 0 Å². The van der Waals surface area contributed by atoms with Crippen molar-refractivity contribution in [2.75, 3.05) is 13.2 Å². The number of fused-ring (bicyclic) bond motifs is 13. The molecule has 3 N–H and O–H groups in total. The van der Waals surface area contributed by atoms with Crippen LogP contribution in [0.25, 0.3) is 43.6 Å². The number of hydrogen-bond donors (Lipinski definition) is 3. The number of aliphatic hydroxyl groups is 2. The minimum Gasteiger partial charge on any atom is -0.393 e. The van der Waals surface area contributed by atoms with E-state index in [4.69, 9.17) is 4.74 Å². The van der Waals surface area contributed by atoms with Gasteiger partial charge in [0.05, 0.1) is 41.4 Å². The monoisotopic (exact) mass is 439 g/mol. The van der Waals surface area contributed by atoms with E-state index in [1.54, 1.807) is 0 Å². The summed E-state index contributed by atoms with van der Waals surface area (Å²) in [6.07, 6.45) is 0. The summed E-state index contributed by atoms with van der Waals surface area (Å²) in [5.41, 5.74) is 2.63. The van der Waals surface area contributed by atoms with Crippen LogP contribution in [0, 0.1) is 0 Å². The molecule has 3 aliphatic heterocycles. The van der Waals surface area contributed by atoms with Crippen LogP contribution in [0.4, 0.5) is 0 Å². The van der Waals surface area contributed by atoms with Gasteiger partial charge < -0.3 is 29.4 Å². The molecule has 5 aromatic rings. The fourth-order valence-corrected chi connectivity index (χ4v) is 6.86. The Bertz CT molecular complexity index is 1730. The van der Waals surface area contributed by atoms with E-state index >= 15 is 0 Å². The number of carbonyl (C=O) groups excluding carboxylic acids is 1. The van der Waals surface area contributed by atoms with Crippen molar-refractivity contribution in [3.8, 4) is 0 Å². The maximum absolute atomic E-state index is 13.2. The zero-order valence-corrected chi connectivity index (χ0v) is 17.9. The fourth-order valence-electron chi connectivity index (χ4n) is 6.86. The molecule has 0 radical (unpaired) electrons. The number of amides is 1. The van der Waals surface area contributed by atoms with Crippen molar-refractivity contribution in [1.29, 1.82) is 0 Å². The Morgan fingerprint density at radius 1 is 1.06 bits per heavy atom. The van der Waals surface area contributed by atoms with E-state index in [-0.39, 0.29) is 12.5 Å². The summed E-state index contributed by atoms with van der Waals surface area (Å²) in [6.45, 7) is 2.12. The van der Waals surface area contributed by atoms with Crippen molar-refractivity contribution in [2.45, 2.75) is 30.8 Å². The lowest BCUT2D eigenvalue weighted by Gasteiger charge is -2.40. The number of ether oxygens (including phenoxy) is 1. The molecule has 2 bridgehead atoms. The molecule has 0 aliphatic carbocycles. The van der Waals surface area contributed by atoms with Crippen LogP contribution in [0.3, 0.4) is 0 Å². The fraction of sp³-hybridized carbons (Fsp3) is 0.269. The van der Waals surface area contributed by atoms with E-state index in [1.165, 1.54) is 0 Å². The molecule has 1 saturated heterocycles. The first kappa shape index (κ1) is 18.1. The van der Waals surface area contributed by atoms with Gasteiger partial charge in [0.25, 0.3) is 5.91 Å². The molecule has 164 valence electrons. The van der Waals surface area contributed by atoms with Crippen LogP contribution in [-0.2, 0) is 17.0 Å². The number of benzene rings is 3. The van der Waals surface area contributed by atoms with Crippen molar-refractivity contribution < 1.29 is 19.7 Å². The molecule has 7 nitrogen and oxygen atoms in total. The molecule has 0 saturated carbocycles. The second-order valence-corrected chi connectivity index (χ2v) is 9.62. The summed E-state index contributed by atoms with van der Waals surface area (Å²) >= 11 is 0. The third-order valence-corrected chi connectivity index (χ3v) is 8.37. The number of carbonyl (C=O) groups is 1. The first-order chi connectivity index (χ1) is 16.0. The van der Waals surface area contributed by atoms with Crippen molar-refractivity contribution in [1.82, 2.24) is 14.5 Å². The molecule has 3 aliphatic rings. The minimum absolute atomic E-state index is 0.0686. The average Bonchev–Trinajstić information content (AvgIpc) is 3.52. The molecule has 3 aromatic carbocycles. The Kier molecular flexibility index (Phi) is 2.95. The van der Waals surface area contributed by atoms with Crippen LogP contribution in [0.5, 0.6) is 0 Å². The topological polar surface area (TPSA) is 88.7 Å². The van der Waals surface area contributed by atoms with Crippen LogP contribution in [0.2, 0.25) is 0 Å². The summed E-state index contributed by atoms with van der Waals surface area (Å²) < 4.78 is 10.6. The molecule has 2 aromatic heterocycles. The molecule has 7 heteroatoms. The Morgan fingerprint density at radius 3 is 2.52 bits per heavy atom. The third kappa shape index (κ3) is 1.69. The van der Waals surface area contributed by atoms with Crippen molar-refractivity contribution in [2.24, 2.45) is 0 Å². The molecule has 1 amide bonds. The average molecular weight is 439 g/mol. The van der Waals surface area contributed by atoms with Gasteiger partial charge in [0.15, 0.2) is 11.3 Å². The molecular formula is C26H21N3O4. The van der Waals surface area contributed by atoms with Gasteiger partial charge in [-0.15, -0.1) is 0 Å². The van der Waals surface area contributed by atoms with Crippen LogP contribution >= 0.6 is 0 Å². The van der Waals surface area contributed by atoms with E-state index in [2.05, 4.69) is 20.5 Å². The highest BCUT2D eigenvalue weighted by Gasteiger charge is 2.63. The Morgan fingerprint density at radius 2 is 1.76 bits per heavy atom. The molecule has 5 heterocycles. The first-order valence-electron chi connectivity index (χ1n) is 11.3. The summed E-state index contributed by atoms with van der Waals surface area (Å²) in [4.78, 5) is 13.2. The summed E-state index contributed by atoms with van der Waals surface area (Å²) in [7, 11) is 0. The molecule has 3 unspecified atom stereocenters. The highest BCUT2D eigenvalue weighted by molar-refractivity contribution is 6.31. The van der Waals surface area contributed by atoms with Gasteiger partial charge in [0, 0.05) is 33.6 Å². The van der Waals surface area contributed by atoms with Crippen molar-refractivity contribution >= 4 is 49.5 Å². The minimum atomic E-state index is -1.57. The third-order valence-electron chi connectivity index (χ3n) is 8.37. The lowest BCUT2D eigenvalue weighted by atomic mass is 9.87. The van der Waals surface area contributed by atoms with E-state index < -0.39 is 24.0 Å². The van der Waals surface area contributed by atoms with E-state index in [0.717, 1.165) is 49.2 Å². The maximum atomic E-state index is 13.2. The van der Waals surface area contributed by atoms with E-state index in [1.807, 2.05) is 49.4 Å². The maximum Gasteiger partial charge on any atom is 0.252 e. The largest absolute Gasteiger partial charge is 0.393 e. The predicted molar refractivity (Wildman–Crippen MR) is 124 cm³/mol. The van der Waals surface area contributed by atoms with E-state index in [0.29, 0.717) is 12.1 Å². The van der Waals surface area contributed by atoms with Gasteiger partial charge in [-0.2, -0.15) is 0 Å². The number of aromatic nitrogens is 2. The summed E-state index contributed by atoms with van der Waals surface area (Å²) in [5.74, 6) is -0.0686. The molecule has 3 atom stereocenters. The van der Waals surface area contributed by atoms with Crippen LogP contribution in [0.15, 0.2) is 48.5 Å². The number of para-hydroxylation sites is 2. The molecule has 33 heavy (non-hydrogen) atoms. The normalized spacial score (nSPS) is 27.8. The smallest absolute Gasteiger partial charge is 0.252 e. The Hall–Kier alpha value is -3.39. The number of hydrogen-bond acceptors (Lipinski definition) is 4. The predicted octanol–water partition coefficient (Wildman–Crippen LogP) is 3.13. The zero-order chi connectivity index (χ0) is 22.3. The van der Waals surface area contributed by atoms with Crippen LogP contribution in [0.1, 0.15) is 28.9 Å². The van der Waals surface area contributed by atoms with Gasteiger partial charge in [0.1, 0.15) is 0 Å². The second kappa shape index (κ2) is 5.39. The molecule has 1 fully saturated rings. The molecule has 8 rings (SSSR count). The van der Waals surface area contributed by atoms with Gasteiger partial charge in [-0.05, 0) is 24.6 Å². The van der Waals surface area contributed by atoms with Crippen molar-refractivity contribution in [3.63, 3.8) is 0 Å². The number of nitrogens with zero attached hydrogens (tertiary/aromatic N) is 2. The highest BCUT2D eigenvalue weighted by atomic mass is 16.5. The standard InChI is InChI=1S/C26H21N3O4/c1-25-26(32,12-30)18(11-33-25)28-16-8-4-2-6-13(16)20-21-15(10-27-24(21)31)19-14-7-3-5-9-17(14)29(25)23(19)22(20)28/h2-9,18,30,32H,10-12H2,1H3,(H,27,31). The first-order valence-corrected chi connectivity index (χ1v) is 11.3. The highest BCUT2D eigenvalue weighted by Crippen LogP contribution is 2.56. The van der Waals surface area contributed by atoms with Crippen molar-refractivity contribution in [3.05, 3.63) is 59.7 Å². The summed E-state index contributed by atoms with van der Waals surface area (Å²) in [6, 6.07) is 15.5. The van der Waals surface area contributed by atoms with Gasteiger partial charge in [-0.1, -0.05) is 36.4 Å². The van der Waals surface area contributed by atoms with Gasteiger partial charge in [-0.25, -0.2) is 0 Å². The summed E-state index contributed by atoms with van der Waals surface area (Å²) in [5, 5.41) is 29.7. The Labute approximate surface area is 187 Å². The zero-order valence-electron chi connectivity index (χ0n) is 17.9. The number of aliphatic hydroxyl groups excluding tert-OH is 1. The van der Waals surface area contributed by atoms with Gasteiger partial charge in [-0.3, -0.25) is 4.79 Å². The lowest BCUT2D eigenvalue weighted by Crippen LogP contribution is -2.55. The molecular weight excluding hydrogens is 418 g/mol. The number of nitrogens with one attached hydrogen (secondary N) is 1. The lowest BCUT2D eigenvalue weighted by molar-refractivity contribution is -0.180. The number of rotatable bonds is 1.